The Balaban J connectivity index is 2.42. The highest BCUT2D eigenvalue weighted by Crippen LogP contribution is 2.21. The van der Waals surface area contributed by atoms with Crippen LogP contribution in [0.15, 0.2) is 24.3 Å². The van der Waals surface area contributed by atoms with Crippen molar-refractivity contribution in [1.29, 1.82) is 0 Å². The number of carbonyl (C=O) groups is 1. The van der Waals surface area contributed by atoms with E-state index in [9.17, 15) is 4.79 Å². The molecule has 0 saturated carbocycles. The maximum absolute atomic E-state index is 11.1. The molecule has 68 valence electrons. The van der Waals surface area contributed by atoms with Gasteiger partial charge in [-0.15, -0.1) is 0 Å². The van der Waals surface area contributed by atoms with Crippen LogP contribution in [-0.4, -0.2) is 12.5 Å². The predicted octanol–water partition coefficient (Wildman–Crippen LogP) is 0.359. The van der Waals surface area contributed by atoms with Crippen LogP contribution < -0.4 is 11.1 Å². The molecular weight excluding hydrogens is 164 g/mol. The molecule has 1 amide bonds. The summed E-state index contributed by atoms with van der Waals surface area (Å²) in [6.07, 6.45) is 0.972. The van der Waals surface area contributed by atoms with E-state index in [-0.39, 0.29) is 11.9 Å². The summed E-state index contributed by atoms with van der Waals surface area (Å²) in [4.78, 5) is 11.1. The van der Waals surface area contributed by atoms with Crippen molar-refractivity contribution >= 4 is 5.91 Å². The van der Waals surface area contributed by atoms with Crippen LogP contribution in [0.3, 0.4) is 0 Å². The van der Waals surface area contributed by atoms with Gasteiger partial charge in [-0.1, -0.05) is 24.3 Å². The summed E-state index contributed by atoms with van der Waals surface area (Å²) in [7, 11) is 0. The van der Waals surface area contributed by atoms with E-state index in [1.165, 1.54) is 5.56 Å². The molecule has 3 heteroatoms. The zero-order chi connectivity index (χ0) is 9.26. The summed E-state index contributed by atoms with van der Waals surface area (Å²) < 4.78 is 0. The fraction of sp³-hybridized carbons (Fsp3) is 0.300. The average Bonchev–Trinajstić information content (AvgIpc) is 2.17. The van der Waals surface area contributed by atoms with Gasteiger partial charge >= 0.3 is 0 Å². The fourth-order valence-corrected chi connectivity index (χ4v) is 1.76. The highest BCUT2D eigenvalue weighted by Gasteiger charge is 2.22. The van der Waals surface area contributed by atoms with E-state index in [4.69, 9.17) is 5.73 Å². The molecule has 0 fully saturated rings. The minimum absolute atomic E-state index is 0.299. The highest BCUT2D eigenvalue weighted by atomic mass is 16.1. The zero-order valence-corrected chi connectivity index (χ0v) is 7.29. The van der Waals surface area contributed by atoms with Crippen molar-refractivity contribution in [3.63, 3.8) is 0 Å². The topological polar surface area (TPSA) is 55.1 Å². The molecule has 0 aromatic heterocycles. The second kappa shape index (κ2) is 3.18. The number of amides is 1. The van der Waals surface area contributed by atoms with Crippen LogP contribution in [0.1, 0.15) is 17.2 Å². The van der Waals surface area contributed by atoms with E-state index < -0.39 is 0 Å². The summed E-state index contributed by atoms with van der Waals surface area (Å²) in [6.45, 7) is 0.824. The summed E-state index contributed by atoms with van der Waals surface area (Å²) in [5.74, 6) is -0.299. The van der Waals surface area contributed by atoms with E-state index in [2.05, 4.69) is 5.32 Å². The SMILES string of the molecule is NC(=O)C1NCCc2ccccc21. The number of hydrogen-bond acceptors (Lipinski definition) is 2. The van der Waals surface area contributed by atoms with Crippen LogP contribution in [-0.2, 0) is 11.2 Å². The third kappa shape index (κ3) is 1.42. The van der Waals surface area contributed by atoms with Gasteiger partial charge in [-0.2, -0.15) is 0 Å². The van der Waals surface area contributed by atoms with Crippen LogP contribution >= 0.6 is 0 Å². The normalized spacial score (nSPS) is 20.8. The van der Waals surface area contributed by atoms with Gasteiger partial charge in [0.05, 0.1) is 0 Å². The highest BCUT2D eigenvalue weighted by molar-refractivity contribution is 5.82. The second-order valence-corrected chi connectivity index (χ2v) is 3.24. The van der Waals surface area contributed by atoms with Crippen molar-refractivity contribution < 1.29 is 4.79 Å². The van der Waals surface area contributed by atoms with Crippen molar-refractivity contribution in [2.24, 2.45) is 5.73 Å². The lowest BCUT2D eigenvalue weighted by Crippen LogP contribution is -2.38. The second-order valence-electron chi connectivity index (χ2n) is 3.24. The van der Waals surface area contributed by atoms with Crippen LogP contribution in [0, 0.1) is 0 Å². The first-order valence-corrected chi connectivity index (χ1v) is 4.39. The third-order valence-corrected chi connectivity index (χ3v) is 2.39. The maximum atomic E-state index is 11.1. The molecule has 1 aliphatic rings. The van der Waals surface area contributed by atoms with Crippen molar-refractivity contribution in [3.05, 3.63) is 35.4 Å². The van der Waals surface area contributed by atoms with Gasteiger partial charge in [0.2, 0.25) is 5.91 Å². The lowest BCUT2D eigenvalue weighted by molar-refractivity contribution is -0.120. The minimum Gasteiger partial charge on any atom is -0.368 e. The number of nitrogens with one attached hydrogen (secondary N) is 1. The molecule has 0 aliphatic carbocycles. The van der Waals surface area contributed by atoms with Crippen LogP contribution in [0.5, 0.6) is 0 Å². The molecule has 1 aliphatic heterocycles. The first-order valence-electron chi connectivity index (χ1n) is 4.39. The Labute approximate surface area is 76.9 Å². The van der Waals surface area contributed by atoms with E-state index in [0.717, 1.165) is 18.5 Å². The fourth-order valence-electron chi connectivity index (χ4n) is 1.76. The van der Waals surface area contributed by atoms with Gasteiger partial charge in [-0.05, 0) is 17.5 Å². The van der Waals surface area contributed by atoms with E-state index in [1.54, 1.807) is 0 Å². The molecule has 0 spiro atoms. The summed E-state index contributed by atoms with van der Waals surface area (Å²) in [6, 6.07) is 7.62. The van der Waals surface area contributed by atoms with Gasteiger partial charge < -0.3 is 11.1 Å². The largest absolute Gasteiger partial charge is 0.368 e. The van der Waals surface area contributed by atoms with Gasteiger partial charge in [0, 0.05) is 6.54 Å². The van der Waals surface area contributed by atoms with Crippen molar-refractivity contribution in [3.8, 4) is 0 Å². The van der Waals surface area contributed by atoms with Crippen molar-refractivity contribution in [2.75, 3.05) is 6.54 Å². The van der Waals surface area contributed by atoms with Gasteiger partial charge in [-0.25, -0.2) is 0 Å². The number of fused-ring (bicyclic) bond motifs is 1. The molecule has 3 N–H and O–H groups in total. The smallest absolute Gasteiger partial charge is 0.239 e. The Kier molecular flexibility index (Phi) is 2.02. The average molecular weight is 176 g/mol. The Hall–Kier alpha value is -1.35. The summed E-state index contributed by atoms with van der Waals surface area (Å²) >= 11 is 0. The molecule has 1 unspecified atom stereocenters. The minimum atomic E-state index is -0.301. The molecule has 2 rings (SSSR count). The number of benzene rings is 1. The number of primary amides is 1. The maximum Gasteiger partial charge on any atom is 0.239 e. The van der Waals surface area contributed by atoms with E-state index in [0.29, 0.717) is 0 Å². The van der Waals surface area contributed by atoms with Crippen molar-refractivity contribution in [1.82, 2.24) is 5.32 Å². The molecule has 1 aromatic carbocycles. The lowest BCUT2D eigenvalue weighted by atomic mass is 9.94. The lowest BCUT2D eigenvalue weighted by Gasteiger charge is -2.24. The molecule has 1 aromatic rings. The summed E-state index contributed by atoms with van der Waals surface area (Å²) in [5.41, 5.74) is 7.54. The quantitative estimate of drug-likeness (QED) is 0.649. The van der Waals surface area contributed by atoms with Gasteiger partial charge in [0.15, 0.2) is 0 Å². The molecule has 0 bridgehead atoms. The Morgan fingerprint density at radius 2 is 2.23 bits per heavy atom. The van der Waals surface area contributed by atoms with Gasteiger partial charge in [0.1, 0.15) is 6.04 Å². The molecule has 0 radical (unpaired) electrons. The van der Waals surface area contributed by atoms with Crippen molar-refractivity contribution in [2.45, 2.75) is 12.5 Å². The predicted molar refractivity (Wildman–Crippen MR) is 50.1 cm³/mol. The van der Waals surface area contributed by atoms with Gasteiger partial charge in [-0.3, -0.25) is 4.79 Å². The van der Waals surface area contributed by atoms with Gasteiger partial charge in [0.25, 0.3) is 0 Å². The number of rotatable bonds is 1. The zero-order valence-electron chi connectivity index (χ0n) is 7.29. The molecule has 0 saturated heterocycles. The Bertz CT molecular complexity index is 335. The Morgan fingerprint density at radius 3 is 3.00 bits per heavy atom. The van der Waals surface area contributed by atoms with Crippen LogP contribution in [0.2, 0.25) is 0 Å². The first kappa shape index (κ1) is 8.26. The van der Waals surface area contributed by atoms with E-state index in [1.807, 2.05) is 24.3 Å². The number of nitrogens with two attached hydrogens (primary N) is 1. The standard InChI is InChI=1S/C10H12N2O/c11-10(13)9-8-4-2-1-3-7(8)5-6-12-9/h1-4,9,12H,5-6H2,(H2,11,13). The number of hydrogen-bond donors (Lipinski definition) is 2. The monoisotopic (exact) mass is 176 g/mol. The van der Waals surface area contributed by atoms with Crippen LogP contribution in [0.4, 0.5) is 0 Å². The molecule has 1 heterocycles. The molecule has 13 heavy (non-hydrogen) atoms. The summed E-state index contributed by atoms with van der Waals surface area (Å²) in [5, 5.41) is 3.10. The number of carbonyl (C=O) groups excluding carboxylic acids is 1. The molecular formula is C10H12N2O. The van der Waals surface area contributed by atoms with Crippen LogP contribution in [0.25, 0.3) is 0 Å². The van der Waals surface area contributed by atoms with E-state index >= 15 is 0 Å². The Morgan fingerprint density at radius 1 is 1.46 bits per heavy atom. The molecule has 1 atom stereocenters. The molecule has 3 nitrogen and oxygen atoms in total. The first-order chi connectivity index (χ1) is 6.29. The third-order valence-electron chi connectivity index (χ3n) is 2.39.